The van der Waals surface area contributed by atoms with Crippen LogP contribution in [0.2, 0.25) is 0 Å². The lowest BCUT2D eigenvalue weighted by molar-refractivity contribution is -0.111. The van der Waals surface area contributed by atoms with Crippen molar-refractivity contribution in [2.24, 2.45) is 0 Å². The Hall–Kier alpha value is -1.98. The summed E-state index contributed by atoms with van der Waals surface area (Å²) in [6.07, 6.45) is 3.78. The van der Waals surface area contributed by atoms with E-state index in [-0.39, 0.29) is 12.5 Å². The zero-order chi connectivity index (χ0) is 14.4. The number of nitrogens with one attached hydrogen (secondary N) is 1. The first-order valence-corrected chi connectivity index (χ1v) is 7.16. The third-order valence-electron chi connectivity index (χ3n) is 2.66. The predicted molar refractivity (Wildman–Crippen MR) is 81.7 cm³/mol. The van der Waals surface area contributed by atoms with Crippen LogP contribution in [0.4, 0.5) is 5.69 Å². The van der Waals surface area contributed by atoms with Crippen molar-refractivity contribution in [3.8, 4) is 0 Å². The Morgan fingerprint density at radius 3 is 2.75 bits per heavy atom. The molecule has 20 heavy (non-hydrogen) atoms. The summed E-state index contributed by atoms with van der Waals surface area (Å²) in [7, 11) is 0. The van der Waals surface area contributed by atoms with Gasteiger partial charge in [0, 0.05) is 23.8 Å². The van der Waals surface area contributed by atoms with Crippen LogP contribution in [-0.2, 0) is 11.2 Å². The monoisotopic (exact) mass is 288 g/mol. The summed E-state index contributed by atoms with van der Waals surface area (Å²) in [5.74, 6) is -0.189. The smallest absolute Gasteiger partial charge is 0.248 e. The lowest BCUT2D eigenvalue weighted by Crippen LogP contribution is -2.07. The maximum absolute atomic E-state index is 11.7. The molecule has 0 spiro atoms. The molecule has 0 bridgehead atoms. The Morgan fingerprint density at radius 1 is 1.40 bits per heavy atom. The molecule has 2 aromatic rings. The topological polar surface area (TPSA) is 62.2 Å². The summed E-state index contributed by atoms with van der Waals surface area (Å²) in [4.78, 5) is 16.0. The molecule has 1 heterocycles. The van der Waals surface area contributed by atoms with Gasteiger partial charge >= 0.3 is 0 Å². The predicted octanol–water partition coefficient (Wildman–Crippen LogP) is 2.64. The van der Waals surface area contributed by atoms with Crippen molar-refractivity contribution in [2.75, 3.05) is 11.9 Å². The highest BCUT2D eigenvalue weighted by Gasteiger charge is 1.99. The van der Waals surface area contributed by atoms with Gasteiger partial charge in [-0.3, -0.25) is 4.79 Å². The van der Waals surface area contributed by atoms with E-state index in [2.05, 4.69) is 10.3 Å². The van der Waals surface area contributed by atoms with E-state index >= 15 is 0 Å². The molecule has 1 aromatic carbocycles. The summed E-state index contributed by atoms with van der Waals surface area (Å²) >= 11 is 1.55. The van der Waals surface area contributed by atoms with E-state index in [4.69, 9.17) is 5.11 Å². The van der Waals surface area contributed by atoms with Crippen molar-refractivity contribution in [1.82, 2.24) is 4.98 Å². The minimum absolute atomic E-state index is 0.126. The molecule has 5 heteroatoms. The van der Waals surface area contributed by atoms with Gasteiger partial charge in [-0.15, -0.1) is 11.3 Å². The SMILES string of the molecule is Cc1nc(C=CC(=O)Nc2ccc(CCO)cc2)cs1. The van der Waals surface area contributed by atoms with Gasteiger partial charge in [-0.2, -0.15) is 0 Å². The molecular formula is C15H16N2O2S. The number of rotatable bonds is 5. The van der Waals surface area contributed by atoms with E-state index in [9.17, 15) is 4.79 Å². The first-order valence-electron chi connectivity index (χ1n) is 6.28. The molecule has 0 fully saturated rings. The lowest BCUT2D eigenvalue weighted by Gasteiger charge is -2.03. The first-order chi connectivity index (χ1) is 9.67. The van der Waals surface area contributed by atoms with Crippen LogP contribution < -0.4 is 5.32 Å². The maximum atomic E-state index is 11.7. The second-order valence-corrected chi connectivity index (χ2v) is 5.35. The molecule has 0 aliphatic rings. The Morgan fingerprint density at radius 2 is 2.15 bits per heavy atom. The number of carbonyl (C=O) groups is 1. The summed E-state index contributed by atoms with van der Waals surface area (Å²) in [5.41, 5.74) is 2.57. The fraction of sp³-hybridized carbons (Fsp3) is 0.200. The minimum atomic E-state index is -0.189. The quantitative estimate of drug-likeness (QED) is 0.831. The summed E-state index contributed by atoms with van der Waals surface area (Å²) in [5, 5.41) is 14.5. The van der Waals surface area contributed by atoms with Gasteiger partial charge in [0.2, 0.25) is 5.91 Å². The Bertz CT molecular complexity index is 603. The van der Waals surface area contributed by atoms with Gasteiger partial charge in [0.15, 0.2) is 0 Å². The fourth-order valence-electron chi connectivity index (χ4n) is 1.69. The molecule has 0 aliphatic carbocycles. The highest BCUT2D eigenvalue weighted by atomic mass is 32.1. The van der Waals surface area contributed by atoms with Crippen LogP contribution in [0, 0.1) is 6.92 Å². The van der Waals surface area contributed by atoms with Crippen molar-refractivity contribution in [1.29, 1.82) is 0 Å². The number of amides is 1. The molecular weight excluding hydrogens is 272 g/mol. The van der Waals surface area contributed by atoms with Crippen LogP contribution in [0.1, 0.15) is 16.3 Å². The molecule has 2 N–H and O–H groups in total. The van der Waals surface area contributed by atoms with Crippen molar-refractivity contribution in [2.45, 2.75) is 13.3 Å². The van der Waals surface area contributed by atoms with Crippen LogP contribution >= 0.6 is 11.3 Å². The first kappa shape index (κ1) is 14.4. The van der Waals surface area contributed by atoms with Gasteiger partial charge in [0.1, 0.15) is 0 Å². The molecule has 1 aromatic heterocycles. The summed E-state index contributed by atoms with van der Waals surface area (Å²) in [6.45, 7) is 2.05. The lowest BCUT2D eigenvalue weighted by atomic mass is 10.1. The average Bonchev–Trinajstić information content (AvgIpc) is 2.85. The van der Waals surface area contributed by atoms with Crippen LogP contribution in [-0.4, -0.2) is 22.6 Å². The molecule has 104 valence electrons. The Labute approximate surface area is 121 Å². The number of aliphatic hydroxyl groups excluding tert-OH is 1. The number of aryl methyl sites for hydroxylation is 1. The van der Waals surface area contributed by atoms with Crippen molar-refractivity contribution in [3.63, 3.8) is 0 Å². The van der Waals surface area contributed by atoms with E-state index in [0.29, 0.717) is 6.42 Å². The highest BCUT2D eigenvalue weighted by Crippen LogP contribution is 2.11. The van der Waals surface area contributed by atoms with E-state index in [1.54, 1.807) is 17.4 Å². The second-order valence-electron chi connectivity index (χ2n) is 4.28. The van der Waals surface area contributed by atoms with Crippen molar-refractivity contribution in [3.05, 3.63) is 52.0 Å². The molecule has 2 rings (SSSR count). The molecule has 0 saturated carbocycles. The van der Waals surface area contributed by atoms with Crippen LogP contribution in [0.15, 0.2) is 35.7 Å². The van der Waals surface area contributed by atoms with Crippen molar-refractivity contribution >= 4 is 29.0 Å². The number of benzene rings is 1. The van der Waals surface area contributed by atoms with Gasteiger partial charge in [0.05, 0.1) is 10.7 Å². The molecule has 0 radical (unpaired) electrons. The normalized spacial score (nSPS) is 10.9. The number of carbonyl (C=O) groups excluding carboxylic acids is 1. The molecule has 1 amide bonds. The van der Waals surface area contributed by atoms with E-state index in [1.807, 2.05) is 36.6 Å². The fourth-order valence-corrected chi connectivity index (χ4v) is 2.27. The molecule has 0 atom stereocenters. The number of nitrogens with zero attached hydrogens (tertiary/aromatic N) is 1. The molecule has 0 saturated heterocycles. The van der Waals surface area contributed by atoms with E-state index in [0.717, 1.165) is 22.0 Å². The standard InChI is InChI=1S/C15H16N2O2S/c1-11-16-14(10-20-11)6-7-15(19)17-13-4-2-12(3-5-13)8-9-18/h2-7,10,18H,8-9H2,1H3,(H,17,19). The maximum Gasteiger partial charge on any atom is 0.248 e. The zero-order valence-corrected chi connectivity index (χ0v) is 12.0. The summed E-state index contributed by atoms with van der Waals surface area (Å²) in [6, 6.07) is 7.42. The largest absolute Gasteiger partial charge is 0.396 e. The highest BCUT2D eigenvalue weighted by molar-refractivity contribution is 7.09. The third kappa shape index (κ3) is 4.29. The number of hydrogen-bond donors (Lipinski definition) is 2. The van der Waals surface area contributed by atoms with E-state index < -0.39 is 0 Å². The molecule has 4 nitrogen and oxygen atoms in total. The Kier molecular flexibility index (Phi) is 5.03. The number of aliphatic hydroxyl groups is 1. The number of hydrogen-bond acceptors (Lipinski definition) is 4. The van der Waals surface area contributed by atoms with Gasteiger partial charge in [-0.1, -0.05) is 12.1 Å². The Balaban J connectivity index is 1.92. The van der Waals surface area contributed by atoms with Crippen LogP contribution in [0.25, 0.3) is 6.08 Å². The summed E-state index contributed by atoms with van der Waals surface area (Å²) < 4.78 is 0. The minimum Gasteiger partial charge on any atom is -0.396 e. The van der Waals surface area contributed by atoms with Crippen molar-refractivity contribution < 1.29 is 9.90 Å². The third-order valence-corrected chi connectivity index (χ3v) is 3.46. The van der Waals surface area contributed by atoms with Crippen LogP contribution in [0.3, 0.4) is 0 Å². The second kappa shape index (κ2) is 6.98. The zero-order valence-electron chi connectivity index (χ0n) is 11.2. The average molecular weight is 288 g/mol. The van der Waals surface area contributed by atoms with Gasteiger partial charge in [0.25, 0.3) is 0 Å². The molecule has 0 unspecified atom stereocenters. The number of anilines is 1. The van der Waals surface area contributed by atoms with Gasteiger partial charge < -0.3 is 10.4 Å². The molecule has 0 aliphatic heterocycles. The van der Waals surface area contributed by atoms with Crippen LogP contribution in [0.5, 0.6) is 0 Å². The number of thiazole rings is 1. The van der Waals surface area contributed by atoms with E-state index in [1.165, 1.54) is 6.08 Å². The number of aromatic nitrogens is 1. The van der Waals surface area contributed by atoms with Gasteiger partial charge in [-0.05, 0) is 37.1 Å². The van der Waals surface area contributed by atoms with Gasteiger partial charge in [-0.25, -0.2) is 4.98 Å².